The Bertz CT molecular complexity index is 1350. The molecular weight excluding hydrogens is 410 g/mol. The van der Waals surface area contributed by atoms with Crippen LogP contribution in [0.5, 0.6) is 0 Å². The number of benzene rings is 2. The first-order valence-corrected chi connectivity index (χ1v) is 10.8. The van der Waals surface area contributed by atoms with E-state index in [1.165, 1.54) is 24.4 Å². The van der Waals surface area contributed by atoms with Gasteiger partial charge in [0.1, 0.15) is 11.3 Å². The number of fused-ring (bicyclic) bond motifs is 1. The van der Waals surface area contributed by atoms with Crippen LogP contribution < -0.4 is 5.32 Å². The van der Waals surface area contributed by atoms with Crippen molar-refractivity contribution in [2.75, 3.05) is 11.6 Å². The molecule has 0 saturated heterocycles. The van der Waals surface area contributed by atoms with Crippen molar-refractivity contribution in [3.63, 3.8) is 0 Å². The van der Waals surface area contributed by atoms with Crippen molar-refractivity contribution in [2.45, 2.75) is 10.9 Å². The molecule has 1 atom stereocenters. The molecule has 2 aromatic carbocycles. The molecule has 0 bridgehead atoms. The molecule has 0 fully saturated rings. The molecule has 0 amide bonds. The van der Waals surface area contributed by atoms with Crippen molar-refractivity contribution >= 4 is 26.8 Å². The Morgan fingerprint density at radius 3 is 2.43 bits per heavy atom. The SMILES string of the molecule is CS(=O)(=O)c1cccc(C(Nc2ccc3nccnc3n2)c2ccc(F)c(F)c2)c1. The van der Waals surface area contributed by atoms with E-state index in [0.29, 0.717) is 28.1 Å². The van der Waals surface area contributed by atoms with Crippen LogP contribution in [0, 0.1) is 11.6 Å². The minimum absolute atomic E-state index is 0.117. The fraction of sp³-hybridized carbons (Fsp3) is 0.0952. The Kier molecular flexibility index (Phi) is 5.13. The third kappa shape index (κ3) is 4.11. The van der Waals surface area contributed by atoms with Gasteiger partial charge in [-0.25, -0.2) is 27.2 Å². The molecule has 0 aliphatic rings. The average Bonchev–Trinajstić information content (AvgIpc) is 2.73. The standard InChI is InChI=1S/C21H16F2N4O2S/c1-30(28,29)15-4-2-3-13(11-15)20(14-5-6-16(22)17(23)12-14)26-19-8-7-18-21(27-19)25-10-9-24-18/h2-12,20H,1H3,(H,25,26,27). The zero-order chi connectivity index (χ0) is 21.3. The third-order valence-electron chi connectivity index (χ3n) is 4.52. The van der Waals surface area contributed by atoms with Crippen LogP contribution in [-0.2, 0) is 9.84 Å². The first-order valence-electron chi connectivity index (χ1n) is 8.90. The lowest BCUT2D eigenvalue weighted by molar-refractivity contribution is 0.506. The summed E-state index contributed by atoms with van der Waals surface area (Å²) in [6.45, 7) is 0. The summed E-state index contributed by atoms with van der Waals surface area (Å²) in [5.41, 5.74) is 1.97. The highest BCUT2D eigenvalue weighted by Crippen LogP contribution is 2.29. The molecule has 152 valence electrons. The molecule has 6 nitrogen and oxygen atoms in total. The molecule has 30 heavy (non-hydrogen) atoms. The van der Waals surface area contributed by atoms with Crippen molar-refractivity contribution in [3.05, 3.63) is 89.8 Å². The molecule has 4 aromatic rings. The lowest BCUT2D eigenvalue weighted by Gasteiger charge is -2.21. The Hall–Kier alpha value is -3.46. The van der Waals surface area contributed by atoms with Crippen molar-refractivity contribution in [2.24, 2.45) is 0 Å². The van der Waals surface area contributed by atoms with E-state index >= 15 is 0 Å². The Balaban J connectivity index is 1.81. The van der Waals surface area contributed by atoms with Crippen LogP contribution in [0.3, 0.4) is 0 Å². The van der Waals surface area contributed by atoms with E-state index in [0.717, 1.165) is 18.4 Å². The summed E-state index contributed by atoms with van der Waals surface area (Å²) in [7, 11) is -3.45. The van der Waals surface area contributed by atoms with Crippen LogP contribution in [0.15, 0.2) is 71.9 Å². The normalized spacial score (nSPS) is 12.6. The monoisotopic (exact) mass is 426 g/mol. The van der Waals surface area contributed by atoms with Gasteiger partial charge in [-0.3, -0.25) is 4.98 Å². The number of hydrogen-bond donors (Lipinski definition) is 1. The van der Waals surface area contributed by atoms with Gasteiger partial charge in [0, 0.05) is 18.6 Å². The van der Waals surface area contributed by atoms with Crippen LogP contribution in [0.25, 0.3) is 11.2 Å². The van der Waals surface area contributed by atoms with E-state index in [1.54, 1.807) is 30.5 Å². The van der Waals surface area contributed by atoms with Crippen LogP contribution in [0.4, 0.5) is 14.6 Å². The number of hydrogen-bond acceptors (Lipinski definition) is 6. The molecule has 2 aromatic heterocycles. The number of nitrogens with zero attached hydrogens (tertiary/aromatic N) is 3. The smallest absolute Gasteiger partial charge is 0.180 e. The maximum absolute atomic E-state index is 13.9. The summed E-state index contributed by atoms with van der Waals surface area (Å²) in [5, 5.41) is 3.17. The molecule has 2 heterocycles. The second-order valence-electron chi connectivity index (χ2n) is 6.69. The molecule has 0 spiro atoms. The lowest BCUT2D eigenvalue weighted by atomic mass is 9.98. The second kappa shape index (κ2) is 7.75. The summed E-state index contributed by atoms with van der Waals surface area (Å²) in [5.74, 6) is -1.56. The van der Waals surface area contributed by atoms with Gasteiger partial charge in [0.15, 0.2) is 27.1 Å². The first-order chi connectivity index (χ1) is 14.3. The number of halogens is 2. The van der Waals surface area contributed by atoms with Gasteiger partial charge in [0.25, 0.3) is 0 Å². The summed E-state index contributed by atoms with van der Waals surface area (Å²) in [6.07, 6.45) is 4.18. The summed E-state index contributed by atoms with van der Waals surface area (Å²) < 4.78 is 51.4. The molecule has 0 radical (unpaired) electrons. The predicted molar refractivity (Wildman–Crippen MR) is 109 cm³/mol. The van der Waals surface area contributed by atoms with Gasteiger partial charge in [-0.05, 0) is 47.5 Å². The fourth-order valence-electron chi connectivity index (χ4n) is 3.06. The molecule has 9 heteroatoms. The highest BCUT2D eigenvalue weighted by molar-refractivity contribution is 7.90. The van der Waals surface area contributed by atoms with Crippen molar-refractivity contribution in [1.29, 1.82) is 0 Å². The lowest BCUT2D eigenvalue weighted by Crippen LogP contribution is -2.14. The number of aromatic nitrogens is 3. The summed E-state index contributed by atoms with van der Waals surface area (Å²) in [4.78, 5) is 12.9. The van der Waals surface area contributed by atoms with Crippen molar-refractivity contribution in [3.8, 4) is 0 Å². The van der Waals surface area contributed by atoms with E-state index in [9.17, 15) is 17.2 Å². The summed E-state index contributed by atoms with van der Waals surface area (Å²) >= 11 is 0. The van der Waals surface area contributed by atoms with Crippen LogP contribution >= 0.6 is 0 Å². The predicted octanol–water partition coefficient (Wildman–Crippen LogP) is 3.91. The topological polar surface area (TPSA) is 84.8 Å². The molecule has 0 saturated carbocycles. The highest BCUT2D eigenvalue weighted by atomic mass is 32.2. The maximum Gasteiger partial charge on any atom is 0.180 e. The average molecular weight is 426 g/mol. The molecule has 4 rings (SSSR count). The largest absolute Gasteiger partial charge is 0.359 e. The molecule has 1 unspecified atom stereocenters. The molecular formula is C21H16F2N4O2S. The van der Waals surface area contributed by atoms with Gasteiger partial charge < -0.3 is 5.32 Å². The van der Waals surface area contributed by atoms with E-state index in [4.69, 9.17) is 0 Å². The molecule has 0 aliphatic heterocycles. The van der Waals surface area contributed by atoms with E-state index in [-0.39, 0.29) is 4.90 Å². The van der Waals surface area contributed by atoms with E-state index in [1.807, 2.05) is 0 Å². The zero-order valence-electron chi connectivity index (χ0n) is 15.8. The van der Waals surface area contributed by atoms with E-state index < -0.39 is 27.5 Å². The van der Waals surface area contributed by atoms with Gasteiger partial charge in [-0.15, -0.1) is 0 Å². The van der Waals surface area contributed by atoms with Gasteiger partial charge >= 0.3 is 0 Å². The zero-order valence-corrected chi connectivity index (χ0v) is 16.6. The number of rotatable bonds is 5. The van der Waals surface area contributed by atoms with Gasteiger partial charge in [-0.1, -0.05) is 18.2 Å². The Morgan fingerprint density at radius 1 is 0.900 bits per heavy atom. The number of anilines is 1. The Labute approximate surface area is 171 Å². The minimum Gasteiger partial charge on any atom is -0.359 e. The van der Waals surface area contributed by atoms with Crippen molar-refractivity contribution in [1.82, 2.24) is 15.0 Å². The number of sulfone groups is 1. The third-order valence-corrected chi connectivity index (χ3v) is 5.63. The number of nitrogens with one attached hydrogen (secondary N) is 1. The molecule has 0 aliphatic carbocycles. The summed E-state index contributed by atoms with van der Waals surface area (Å²) in [6, 6.07) is 12.5. The van der Waals surface area contributed by atoms with Gasteiger partial charge in [0.2, 0.25) is 0 Å². The van der Waals surface area contributed by atoms with Gasteiger partial charge in [0.05, 0.1) is 10.9 Å². The number of pyridine rings is 1. The quantitative estimate of drug-likeness (QED) is 0.521. The highest BCUT2D eigenvalue weighted by Gasteiger charge is 2.19. The fourth-order valence-corrected chi connectivity index (χ4v) is 3.73. The van der Waals surface area contributed by atoms with E-state index in [2.05, 4.69) is 20.3 Å². The van der Waals surface area contributed by atoms with Crippen LogP contribution in [-0.4, -0.2) is 29.6 Å². The Morgan fingerprint density at radius 2 is 1.67 bits per heavy atom. The van der Waals surface area contributed by atoms with Gasteiger partial charge in [-0.2, -0.15) is 0 Å². The maximum atomic E-state index is 13.9. The minimum atomic E-state index is -3.45. The molecule has 1 N–H and O–H groups in total. The van der Waals surface area contributed by atoms with Crippen molar-refractivity contribution < 1.29 is 17.2 Å². The van der Waals surface area contributed by atoms with Crippen LogP contribution in [0.2, 0.25) is 0 Å². The first kappa shape index (κ1) is 19.8. The second-order valence-corrected chi connectivity index (χ2v) is 8.71. The van der Waals surface area contributed by atoms with Crippen LogP contribution in [0.1, 0.15) is 17.2 Å².